The monoisotopic (exact) mass is 490 g/mol. The number of hydrogen-bond donors (Lipinski definition) is 2. The summed E-state index contributed by atoms with van der Waals surface area (Å²) in [5.74, 6) is 1.50. The molecule has 10 heteroatoms. The molecule has 5 rings (SSSR count). The number of nitrogens with one attached hydrogen (secondary N) is 2. The number of benzene rings is 2. The molecule has 4 aromatic rings. The molecular formula is C25H23ClN6O3. The van der Waals surface area contributed by atoms with Crippen molar-refractivity contribution in [2.45, 2.75) is 12.8 Å². The average molecular weight is 491 g/mol. The highest BCUT2D eigenvalue weighted by Crippen LogP contribution is 2.34. The molecule has 1 aliphatic rings. The topological polar surface area (TPSA) is 101 Å². The molecule has 9 nitrogen and oxygen atoms in total. The van der Waals surface area contributed by atoms with Crippen molar-refractivity contribution in [2.24, 2.45) is 7.05 Å². The van der Waals surface area contributed by atoms with E-state index in [1.807, 2.05) is 41.9 Å². The van der Waals surface area contributed by atoms with Crippen LogP contribution in [0, 0.1) is 0 Å². The van der Waals surface area contributed by atoms with E-state index < -0.39 is 0 Å². The molecule has 2 aromatic carbocycles. The third kappa shape index (κ3) is 4.50. The predicted molar refractivity (Wildman–Crippen MR) is 135 cm³/mol. The van der Waals surface area contributed by atoms with Crippen LogP contribution < -0.4 is 20.3 Å². The zero-order valence-electron chi connectivity index (χ0n) is 19.2. The predicted octanol–water partition coefficient (Wildman–Crippen LogP) is 4.64. The maximum atomic E-state index is 12.2. The second-order valence-corrected chi connectivity index (χ2v) is 8.55. The number of carbonyl (C=O) groups is 2. The number of aromatic nitrogens is 3. The third-order valence-corrected chi connectivity index (χ3v) is 6.17. The number of rotatable bonds is 6. The summed E-state index contributed by atoms with van der Waals surface area (Å²) in [5.41, 5.74) is 3.38. The van der Waals surface area contributed by atoms with E-state index >= 15 is 0 Å². The number of ether oxygens (including phenoxy) is 1. The molecule has 3 heterocycles. The highest BCUT2D eigenvalue weighted by atomic mass is 35.5. The number of aryl methyl sites for hydroxylation is 1. The fourth-order valence-electron chi connectivity index (χ4n) is 4.05. The lowest BCUT2D eigenvalue weighted by molar-refractivity contribution is -0.117. The van der Waals surface area contributed by atoms with E-state index in [1.54, 1.807) is 30.1 Å². The lowest BCUT2D eigenvalue weighted by Gasteiger charge is -2.18. The smallest absolute Gasteiger partial charge is 0.269 e. The van der Waals surface area contributed by atoms with Gasteiger partial charge in [-0.15, -0.1) is 0 Å². The van der Waals surface area contributed by atoms with Gasteiger partial charge in [-0.05, 0) is 42.8 Å². The van der Waals surface area contributed by atoms with Crippen molar-refractivity contribution < 1.29 is 14.3 Å². The van der Waals surface area contributed by atoms with Gasteiger partial charge in [-0.25, -0.2) is 4.98 Å². The number of hydrogen-bond acceptors (Lipinski definition) is 6. The van der Waals surface area contributed by atoms with Crippen LogP contribution in [-0.2, 0) is 11.8 Å². The number of nitrogens with zero attached hydrogens (tertiary/aromatic N) is 4. The van der Waals surface area contributed by atoms with Crippen molar-refractivity contribution >= 4 is 51.8 Å². The molecule has 1 fully saturated rings. The van der Waals surface area contributed by atoms with Crippen LogP contribution in [0.2, 0.25) is 5.02 Å². The molecule has 2 N–H and O–H groups in total. The van der Waals surface area contributed by atoms with Gasteiger partial charge in [0.25, 0.3) is 5.91 Å². The van der Waals surface area contributed by atoms with Gasteiger partial charge in [0.1, 0.15) is 17.2 Å². The zero-order chi connectivity index (χ0) is 24.5. The van der Waals surface area contributed by atoms with E-state index in [4.69, 9.17) is 21.3 Å². The molecule has 0 spiro atoms. The SMILES string of the molecule is CNC(=O)c1cc(Oc2ccc3c(c2)nc(Nc2ccc(Cl)c(N4CCCC4=O)c2)n3C)ccn1. The maximum absolute atomic E-state index is 12.2. The van der Waals surface area contributed by atoms with E-state index in [0.29, 0.717) is 41.1 Å². The number of pyridine rings is 1. The lowest BCUT2D eigenvalue weighted by atomic mass is 10.2. The minimum atomic E-state index is -0.286. The van der Waals surface area contributed by atoms with Crippen LogP contribution in [0.3, 0.4) is 0 Å². The van der Waals surface area contributed by atoms with Crippen molar-refractivity contribution in [1.29, 1.82) is 0 Å². The molecule has 0 bridgehead atoms. The first-order chi connectivity index (χ1) is 16.9. The Labute approximate surface area is 206 Å². The van der Waals surface area contributed by atoms with Crippen molar-refractivity contribution in [3.8, 4) is 11.5 Å². The van der Waals surface area contributed by atoms with Crippen molar-refractivity contribution in [2.75, 3.05) is 23.8 Å². The molecule has 1 saturated heterocycles. The van der Waals surface area contributed by atoms with E-state index in [2.05, 4.69) is 15.6 Å². The van der Waals surface area contributed by atoms with Crippen LogP contribution in [0.15, 0.2) is 54.7 Å². The molecule has 0 atom stereocenters. The number of imidazole rings is 1. The number of carbonyl (C=O) groups excluding carboxylic acids is 2. The summed E-state index contributed by atoms with van der Waals surface area (Å²) in [6, 6.07) is 14.4. The van der Waals surface area contributed by atoms with Gasteiger partial charge in [-0.2, -0.15) is 0 Å². The number of anilines is 3. The Morgan fingerprint density at radius 1 is 1.11 bits per heavy atom. The van der Waals surface area contributed by atoms with E-state index in [1.165, 1.54) is 6.20 Å². The number of halogens is 1. The molecule has 2 aromatic heterocycles. The van der Waals surface area contributed by atoms with Gasteiger partial charge in [0.05, 0.1) is 21.7 Å². The largest absolute Gasteiger partial charge is 0.457 e. The third-order valence-electron chi connectivity index (χ3n) is 5.85. The molecule has 0 saturated carbocycles. The van der Waals surface area contributed by atoms with Gasteiger partial charge in [0.2, 0.25) is 11.9 Å². The van der Waals surface area contributed by atoms with Crippen LogP contribution in [0.1, 0.15) is 23.3 Å². The Kier molecular flexibility index (Phi) is 6.00. The first kappa shape index (κ1) is 22.7. The van der Waals surface area contributed by atoms with Gasteiger partial charge in [-0.1, -0.05) is 11.6 Å². The fourth-order valence-corrected chi connectivity index (χ4v) is 4.27. The molecule has 2 amide bonds. The summed E-state index contributed by atoms with van der Waals surface area (Å²) in [7, 11) is 3.46. The maximum Gasteiger partial charge on any atom is 0.269 e. The van der Waals surface area contributed by atoms with E-state index in [-0.39, 0.29) is 17.5 Å². The summed E-state index contributed by atoms with van der Waals surface area (Å²) < 4.78 is 7.88. The lowest BCUT2D eigenvalue weighted by Crippen LogP contribution is -2.24. The van der Waals surface area contributed by atoms with Crippen LogP contribution in [0.5, 0.6) is 11.5 Å². The van der Waals surface area contributed by atoms with Crippen molar-refractivity contribution in [3.63, 3.8) is 0 Å². The van der Waals surface area contributed by atoms with Gasteiger partial charge >= 0.3 is 0 Å². The van der Waals surface area contributed by atoms with Gasteiger partial charge in [0.15, 0.2) is 0 Å². The summed E-state index contributed by atoms with van der Waals surface area (Å²) in [6.45, 7) is 0.666. The highest BCUT2D eigenvalue weighted by Gasteiger charge is 2.24. The van der Waals surface area contributed by atoms with Crippen LogP contribution in [-0.4, -0.2) is 39.9 Å². The minimum absolute atomic E-state index is 0.0796. The molecule has 178 valence electrons. The minimum Gasteiger partial charge on any atom is -0.457 e. The summed E-state index contributed by atoms with van der Waals surface area (Å²) in [4.78, 5) is 34.5. The summed E-state index contributed by atoms with van der Waals surface area (Å²) in [6.07, 6.45) is 2.89. The first-order valence-electron chi connectivity index (χ1n) is 11.1. The number of fused-ring (bicyclic) bond motifs is 1. The molecule has 35 heavy (non-hydrogen) atoms. The fraction of sp³-hybridized carbons (Fsp3) is 0.200. The molecule has 1 aliphatic heterocycles. The van der Waals surface area contributed by atoms with E-state index in [0.717, 1.165) is 23.1 Å². The summed E-state index contributed by atoms with van der Waals surface area (Å²) >= 11 is 6.38. The standard InChI is InChI=1S/C25H23ClN6O3/c1-27-24(34)20-14-17(9-10-28-20)35-16-6-8-21-19(13-16)30-25(31(21)2)29-15-5-7-18(26)22(12-15)32-11-3-4-23(32)33/h5-10,12-14H,3-4,11H2,1-2H3,(H,27,34)(H,29,30). The molecule has 0 unspecified atom stereocenters. The van der Waals surface area contributed by atoms with Crippen LogP contribution >= 0.6 is 11.6 Å². The summed E-state index contributed by atoms with van der Waals surface area (Å²) in [5, 5.41) is 6.41. The van der Waals surface area contributed by atoms with Crippen LogP contribution in [0.4, 0.5) is 17.3 Å². The first-order valence-corrected chi connectivity index (χ1v) is 11.5. The molecular weight excluding hydrogens is 468 g/mol. The van der Waals surface area contributed by atoms with Gasteiger partial charge in [-0.3, -0.25) is 14.6 Å². The Balaban J connectivity index is 1.40. The number of amides is 2. The highest BCUT2D eigenvalue weighted by molar-refractivity contribution is 6.34. The van der Waals surface area contributed by atoms with Gasteiger partial charge < -0.3 is 24.8 Å². The Hall–Kier alpha value is -4.11. The molecule has 0 radical (unpaired) electrons. The average Bonchev–Trinajstić information content (AvgIpc) is 3.42. The second kappa shape index (κ2) is 9.27. The Bertz CT molecular complexity index is 1450. The van der Waals surface area contributed by atoms with E-state index in [9.17, 15) is 9.59 Å². The van der Waals surface area contributed by atoms with Gasteiger partial charge in [0, 0.05) is 51.1 Å². The van der Waals surface area contributed by atoms with Crippen LogP contribution in [0.25, 0.3) is 11.0 Å². The Morgan fingerprint density at radius 3 is 2.71 bits per heavy atom. The second-order valence-electron chi connectivity index (χ2n) is 8.14. The van der Waals surface area contributed by atoms with Crippen molar-refractivity contribution in [1.82, 2.24) is 19.9 Å². The zero-order valence-corrected chi connectivity index (χ0v) is 20.0. The normalized spacial score (nSPS) is 13.3. The quantitative estimate of drug-likeness (QED) is 0.408. The molecule has 0 aliphatic carbocycles. The van der Waals surface area contributed by atoms with Crippen molar-refractivity contribution in [3.05, 3.63) is 65.4 Å². The Morgan fingerprint density at radius 2 is 1.94 bits per heavy atom.